The molecule has 0 radical (unpaired) electrons. The Kier molecular flexibility index (Phi) is 4.68. The Bertz CT molecular complexity index is 1100. The standard InChI is InChI=1S/C23H21N5O2/c24-14-28-12-16-8-15(19(16)13-28)9-22(29)21-10-20(26-27-21)18-6-7-25-11-23(18)30-17-4-2-1-3-5-17/h1-7,10-11,15-16,19H,8-9,12-13H2,(H,26,27). The maximum Gasteiger partial charge on any atom is 0.183 e. The number of nitrogens with one attached hydrogen (secondary N) is 1. The zero-order valence-electron chi connectivity index (χ0n) is 16.4. The molecule has 0 spiro atoms. The van der Waals surface area contributed by atoms with Crippen LogP contribution in [0.4, 0.5) is 0 Å². The third-order valence-corrected chi connectivity index (χ3v) is 6.20. The fraction of sp³-hybridized carbons (Fsp3) is 0.304. The number of ether oxygens (including phenoxy) is 1. The Morgan fingerprint density at radius 2 is 2.13 bits per heavy atom. The molecule has 3 atom stereocenters. The summed E-state index contributed by atoms with van der Waals surface area (Å²) < 4.78 is 5.97. The minimum absolute atomic E-state index is 0.0379. The van der Waals surface area contributed by atoms with Crippen LogP contribution in [0.25, 0.3) is 11.3 Å². The van der Waals surface area contributed by atoms with E-state index in [0.29, 0.717) is 41.4 Å². The van der Waals surface area contributed by atoms with Crippen molar-refractivity contribution in [1.29, 1.82) is 5.26 Å². The number of nitriles is 1. The van der Waals surface area contributed by atoms with Crippen molar-refractivity contribution in [3.8, 4) is 28.9 Å². The highest BCUT2D eigenvalue weighted by molar-refractivity contribution is 5.95. The predicted molar refractivity (Wildman–Crippen MR) is 110 cm³/mol. The molecule has 2 fully saturated rings. The van der Waals surface area contributed by atoms with Gasteiger partial charge in [-0.25, -0.2) is 0 Å². The second-order valence-corrected chi connectivity index (χ2v) is 8.01. The molecule has 7 nitrogen and oxygen atoms in total. The normalized spacial score (nSPS) is 22.1. The minimum Gasteiger partial charge on any atom is -0.455 e. The Morgan fingerprint density at radius 3 is 2.97 bits per heavy atom. The Balaban J connectivity index is 1.29. The predicted octanol–water partition coefficient (Wildman–Crippen LogP) is 3.89. The maximum atomic E-state index is 12.8. The number of fused-ring (bicyclic) bond motifs is 1. The topological polar surface area (TPSA) is 94.9 Å². The number of ketones is 1. The summed E-state index contributed by atoms with van der Waals surface area (Å²) >= 11 is 0. The SMILES string of the molecule is N#CN1CC2CC(CC(=O)c3cc(-c4ccncc4Oc4ccccc4)[nH]n3)C2C1. The smallest absolute Gasteiger partial charge is 0.183 e. The largest absolute Gasteiger partial charge is 0.455 e. The van der Waals surface area contributed by atoms with Crippen LogP contribution < -0.4 is 4.74 Å². The van der Waals surface area contributed by atoms with E-state index in [9.17, 15) is 4.79 Å². The van der Waals surface area contributed by atoms with Gasteiger partial charge in [-0.15, -0.1) is 0 Å². The lowest BCUT2D eigenvalue weighted by molar-refractivity contribution is 0.0775. The summed E-state index contributed by atoms with van der Waals surface area (Å²) in [7, 11) is 0. The molecule has 7 heteroatoms. The highest BCUT2D eigenvalue weighted by Crippen LogP contribution is 2.47. The molecule has 3 heterocycles. The second kappa shape index (κ2) is 7.64. The molecular formula is C23H21N5O2. The number of rotatable bonds is 6. The van der Waals surface area contributed by atoms with Gasteiger partial charge in [0.05, 0.1) is 11.9 Å². The summed E-state index contributed by atoms with van der Waals surface area (Å²) in [6, 6.07) is 13.1. The number of nitrogens with zero attached hydrogens (tertiary/aromatic N) is 4. The van der Waals surface area contributed by atoms with E-state index < -0.39 is 0 Å². The van der Waals surface area contributed by atoms with Crippen LogP contribution in [0.5, 0.6) is 11.5 Å². The summed E-state index contributed by atoms with van der Waals surface area (Å²) in [5, 5.41) is 16.3. The van der Waals surface area contributed by atoms with Crippen molar-refractivity contribution >= 4 is 5.78 Å². The number of pyridine rings is 1. The van der Waals surface area contributed by atoms with Gasteiger partial charge in [-0.2, -0.15) is 10.4 Å². The molecule has 30 heavy (non-hydrogen) atoms. The lowest BCUT2D eigenvalue weighted by atomic mass is 9.65. The highest BCUT2D eigenvalue weighted by Gasteiger charge is 2.47. The van der Waals surface area contributed by atoms with Crippen molar-refractivity contribution in [3.63, 3.8) is 0 Å². The highest BCUT2D eigenvalue weighted by atomic mass is 16.5. The van der Waals surface area contributed by atoms with Gasteiger partial charge < -0.3 is 9.64 Å². The van der Waals surface area contributed by atoms with Crippen LogP contribution in [0.15, 0.2) is 54.9 Å². The first-order chi connectivity index (χ1) is 14.7. The van der Waals surface area contributed by atoms with Crippen LogP contribution in [0.1, 0.15) is 23.3 Å². The number of benzene rings is 1. The zero-order chi connectivity index (χ0) is 20.5. The number of likely N-dealkylation sites (tertiary alicyclic amines) is 1. The molecule has 5 rings (SSSR count). The van der Waals surface area contributed by atoms with Crippen LogP contribution in [0.3, 0.4) is 0 Å². The number of H-pyrrole nitrogens is 1. The van der Waals surface area contributed by atoms with E-state index in [0.717, 1.165) is 30.8 Å². The van der Waals surface area contributed by atoms with Gasteiger partial charge in [0.2, 0.25) is 0 Å². The molecular weight excluding hydrogens is 378 g/mol. The number of hydrogen-bond donors (Lipinski definition) is 1. The van der Waals surface area contributed by atoms with Crippen molar-refractivity contribution in [2.75, 3.05) is 13.1 Å². The van der Waals surface area contributed by atoms with Gasteiger partial charge in [0.15, 0.2) is 17.7 Å². The van der Waals surface area contributed by atoms with E-state index >= 15 is 0 Å². The Morgan fingerprint density at radius 1 is 1.27 bits per heavy atom. The van der Waals surface area contributed by atoms with Crippen LogP contribution >= 0.6 is 0 Å². The van der Waals surface area contributed by atoms with Gasteiger partial charge in [0.1, 0.15) is 11.4 Å². The van der Waals surface area contributed by atoms with E-state index in [-0.39, 0.29) is 5.78 Å². The van der Waals surface area contributed by atoms with E-state index in [1.165, 1.54) is 0 Å². The number of aromatic nitrogens is 3. The van der Waals surface area contributed by atoms with Crippen LogP contribution in [-0.4, -0.2) is 39.0 Å². The molecule has 0 amide bonds. The number of carbonyl (C=O) groups excluding carboxylic acids is 1. The lowest BCUT2D eigenvalue weighted by Crippen LogP contribution is -2.36. The van der Waals surface area contributed by atoms with Crippen molar-refractivity contribution in [2.45, 2.75) is 12.8 Å². The average molecular weight is 399 g/mol. The maximum absolute atomic E-state index is 12.8. The van der Waals surface area contributed by atoms with E-state index in [2.05, 4.69) is 21.4 Å². The fourth-order valence-electron chi connectivity index (χ4n) is 4.61. The molecule has 2 aliphatic rings. The van der Waals surface area contributed by atoms with Crippen molar-refractivity contribution < 1.29 is 9.53 Å². The molecule has 0 bridgehead atoms. The van der Waals surface area contributed by atoms with Crippen molar-refractivity contribution in [2.24, 2.45) is 17.8 Å². The number of hydrogen-bond acceptors (Lipinski definition) is 6. The van der Waals surface area contributed by atoms with Crippen LogP contribution in [0, 0.1) is 29.2 Å². The molecule has 1 saturated heterocycles. The summed E-state index contributed by atoms with van der Waals surface area (Å²) in [5.74, 6) is 2.71. The zero-order valence-corrected chi connectivity index (χ0v) is 16.4. The van der Waals surface area contributed by atoms with Crippen LogP contribution in [-0.2, 0) is 0 Å². The number of aromatic amines is 1. The van der Waals surface area contributed by atoms with Gasteiger partial charge in [-0.1, -0.05) is 18.2 Å². The van der Waals surface area contributed by atoms with E-state index in [1.54, 1.807) is 18.5 Å². The van der Waals surface area contributed by atoms with E-state index in [4.69, 9.17) is 10.00 Å². The molecule has 1 N–H and O–H groups in total. The fourth-order valence-corrected chi connectivity index (χ4v) is 4.61. The third kappa shape index (κ3) is 3.41. The van der Waals surface area contributed by atoms with E-state index in [1.807, 2.05) is 41.3 Å². The van der Waals surface area contributed by atoms with Crippen molar-refractivity contribution in [3.05, 3.63) is 60.6 Å². The monoisotopic (exact) mass is 399 g/mol. The molecule has 150 valence electrons. The van der Waals surface area contributed by atoms with Crippen molar-refractivity contribution in [1.82, 2.24) is 20.1 Å². The number of Topliss-reactive ketones (excluding diaryl/α,β-unsaturated/α-hetero) is 1. The third-order valence-electron chi connectivity index (χ3n) is 6.20. The number of carbonyl (C=O) groups is 1. The minimum atomic E-state index is 0.0379. The summed E-state index contributed by atoms with van der Waals surface area (Å²) in [6.45, 7) is 1.62. The quantitative estimate of drug-likeness (QED) is 0.499. The lowest BCUT2D eigenvalue weighted by Gasteiger charge is -2.38. The molecule has 3 unspecified atom stereocenters. The molecule has 3 aromatic rings. The first-order valence-electron chi connectivity index (χ1n) is 10.1. The van der Waals surface area contributed by atoms with Gasteiger partial charge in [0.25, 0.3) is 0 Å². The summed E-state index contributed by atoms with van der Waals surface area (Å²) in [4.78, 5) is 18.8. The first-order valence-corrected chi connectivity index (χ1v) is 10.1. The molecule has 2 aromatic heterocycles. The molecule has 1 saturated carbocycles. The summed E-state index contributed by atoms with van der Waals surface area (Å²) in [5.41, 5.74) is 1.95. The summed E-state index contributed by atoms with van der Waals surface area (Å²) in [6.07, 6.45) is 7.07. The molecule has 1 aliphatic heterocycles. The van der Waals surface area contributed by atoms with Gasteiger partial charge in [-0.05, 0) is 48.4 Å². The molecule has 1 aliphatic carbocycles. The second-order valence-electron chi connectivity index (χ2n) is 8.01. The van der Waals surface area contributed by atoms with Crippen LogP contribution in [0.2, 0.25) is 0 Å². The number of para-hydroxylation sites is 1. The first kappa shape index (κ1) is 18.4. The van der Waals surface area contributed by atoms with Gasteiger partial charge >= 0.3 is 0 Å². The van der Waals surface area contributed by atoms with Gasteiger partial charge in [-0.3, -0.25) is 14.9 Å². The Hall–Kier alpha value is -3.66. The Labute approximate surface area is 174 Å². The molecule has 1 aromatic carbocycles. The average Bonchev–Trinajstić information content (AvgIpc) is 3.38. The van der Waals surface area contributed by atoms with Gasteiger partial charge in [0, 0.05) is 31.3 Å².